The standard InChI is InChI=1S/C17H14BrFN2/c18-14-7-6-13(17(19)10-14)12-20-15-4-3-5-16(11-15)21-8-1-2-9-21/h1-11,20H,12H2. The fraction of sp³-hybridized carbons (Fsp3) is 0.0588. The van der Waals surface area contributed by atoms with Crippen molar-refractivity contribution in [2.45, 2.75) is 6.54 Å². The SMILES string of the molecule is Fc1cc(Br)ccc1CNc1cccc(-n2cccc2)c1. The molecule has 3 aromatic rings. The molecule has 0 aliphatic rings. The van der Waals surface area contributed by atoms with Gasteiger partial charge in [-0.2, -0.15) is 0 Å². The zero-order valence-electron chi connectivity index (χ0n) is 11.3. The zero-order chi connectivity index (χ0) is 14.7. The summed E-state index contributed by atoms with van der Waals surface area (Å²) in [6.45, 7) is 0.453. The Kier molecular flexibility index (Phi) is 4.06. The summed E-state index contributed by atoms with van der Waals surface area (Å²) in [5.41, 5.74) is 2.68. The van der Waals surface area contributed by atoms with Crippen LogP contribution in [0.4, 0.5) is 10.1 Å². The van der Waals surface area contributed by atoms with Crippen LogP contribution in [0, 0.1) is 5.82 Å². The van der Waals surface area contributed by atoms with E-state index in [1.807, 2.05) is 59.4 Å². The summed E-state index contributed by atoms with van der Waals surface area (Å²) in [6.07, 6.45) is 3.99. The lowest BCUT2D eigenvalue weighted by atomic mass is 10.2. The molecule has 0 atom stereocenters. The molecule has 0 saturated heterocycles. The van der Waals surface area contributed by atoms with Crippen molar-refractivity contribution in [1.29, 1.82) is 0 Å². The quantitative estimate of drug-likeness (QED) is 0.705. The third-order valence-electron chi connectivity index (χ3n) is 3.25. The van der Waals surface area contributed by atoms with Gasteiger partial charge in [0.1, 0.15) is 5.82 Å². The molecular weight excluding hydrogens is 331 g/mol. The number of nitrogens with zero attached hydrogens (tertiary/aromatic N) is 1. The van der Waals surface area contributed by atoms with Gasteiger partial charge in [-0.25, -0.2) is 4.39 Å². The second-order valence-corrected chi connectivity index (χ2v) is 5.65. The molecule has 2 aromatic carbocycles. The number of nitrogens with one attached hydrogen (secondary N) is 1. The molecule has 0 aliphatic heterocycles. The maximum absolute atomic E-state index is 13.8. The lowest BCUT2D eigenvalue weighted by Gasteiger charge is -2.10. The third-order valence-corrected chi connectivity index (χ3v) is 3.74. The monoisotopic (exact) mass is 344 g/mol. The number of hydrogen-bond acceptors (Lipinski definition) is 1. The van der Waals surface area contributed by atoms with Gasteiger partial charge in [0.2, 0.25) is 0 Å². The normalized spacial score (nSPS) is 10.6. The zero-order valence-corrected chi connectivity index (χ0v) is 12.8. The van der Waals surface area contributed by atoms with Crippen LogP contribution in [0.5, 0.6) is 0 Å². The summed E-state index contributed by atoms with van der Waals surface area (Å²) < 4.78 is 16.6. The summed E-state index contributed by atoms with van der Waals surface area (Å²) in [4.78, 5) is 0. The van der Waals surface area contributed by atoms with Gasteiger partial charge in [-0.1, -0.05) is 28.1 Å². The number of anilines is 1. The molecule has 1 heterocycles. The van der Waals surface area contributed by atoms with Crippen molar-refractivity contribution >= 4 is 21.6 Å². The largest absolute Gasteiger partial charge is 0.381 e. The molecule has 0 amide bonds. The van der Waals surface area contributed by atoms with E-state index < -0.39 is 0 Å². The summed E-state index contributed by atoms with van der Waals surface area (Å²) in [5, 5.41) is 3.25. The van der Waals surface area contributed by atoms with E-state index in [4.69, 9.17) is 0 Å². The number of hydrogen-bond donors (Lipinski definition) is 1. The molecule has 0 saturated carbocycles. The Morgan fingerprint density at radius 3 is 2.57 bits per heavy atom. The summed E-state index contributed by atoms with van der Waals surface area (Å²) >= 11 is 3.26. The van der Waals surface area contributed by atoms with Gasteiger partial charge in [0.25, 0.3) is 0 Å². The summed E-state index contributed by atoms with van der Waals surface area (Å²) in [6, 6.07) is 17.1. The molecule has 0 radical (unpaired) electrons. The van der Waals surface area contributed by atoms with Crippen molar-refractivity contribution in [2.75, 3.05) is 5.32 Å². The molecule has 4 heteroatoms. The summed E-state index contributed by atoms with van der Waals surface area (Å²) in [5.74, 6) is -0.210. The Labute approximate surface area is 131 Å². The molecular formula is C17H14BrFN2. The molecule has 2 nitrogen and oxygen atoms in total. The van der Waals surface area contributed by atoms with Crippen LogP contribution in [0.3, 0.4) is 0 Å². The van der Waals surface area contributed by atoms with Gasteiger partial charge in [0.05, 0.1) is 0 Å². The van der Waals surface area contributed by atoms with Crippen molar-refractivity contribution in [3.05, 3.63) is 82.8 Å². The topological polar surface area (TPSA) is 17.0 Å². The molecule has 106 valence electrons. The minimum Gasteiger partial charge on any atom is -0.381 e. The van der Waals surface area contributed by atoms with Crippen LogP contribution < -0.4 is 5.32 Å². The predicted octanol–water partition coefficient (Wildman–Crippen LogP) is 4.99. The predicted molar refractivity (Wildman–Crippen MR) is 87.2 cm³/mol. The van der Waals surface area contributed by atoms with E-state index in [0.717, 1.165) is 15.8 Å². The lowest BCUT2D eigenvalue weighted by molar-refractivity contribution is 0.612. The van der Waals surface area contributed by atoms with Crippen LogP contribution in [-0.2, 0) is 6.54 Å². The van der Waals surface area contributed by atoms with Crippen molar-refractivity contribution in [1.82, 2.24) is 4.57 Å². The Morgan fingerprint density at radius 1 is 1.00 bits per heavy atom. The van der Waals surface area contributed by atoms with Gasteiger partial charge in [-0.3, -0.25) is 0 Å². The van der Waals surface area contributed by atoms with Gasteiger partial charge < -0.3 is 9.88 Å². The smallest absolute Gasteiger partial charge is 0.129 e. The average molecular weight is 345 g/mol. The van der Waals surface area contributed by atoms with Gasteiger partial charge in [0.15, 0.2) is 0 Å². The van der Waals surface area contributed by atoms with E-state index in [-0.39, 0.29) is 5.82 Å². The minimum atomic E-state index is -0.210. The molecule has 0 bridgehead atoms. The first kappa shape index (κ1) is 13.9. The Hall–Kier alpha value is -2.07. The van der Waals surface area contributed by atoms with Crippen LogP contribution in [0.1, 0.15) is 5.56 Å². The first-order valence-corrected chi connectivity index (χ1v) is 7.43. The second-order valence-electron chi connectivity index (χ2n) is 4.73. The highest BCUT2D eigenvalue weighted by Crippen LogP contribution is 2.18. The Morgan fingerprint density at radius 2 is 1.81 bits per heavy atom. The van der Waals surface area contributed by atoms with Gasteiger partial charge in [-0.05, 0) is 42.5 Å². The number of halogens is 2. The van der Waals surface area contributed by atoms with Crippen LogP contribution in [-0.4, -0.2) is 4.57 Å². The van der Waals surface area contributed by atoms with Gasteiger partial charge in [-0.15, -0.1) is 0 Å². The van der Waals surface area contributed by atoms with E-state index in [1.54, 1.807) is 6.07 Å². The third kappa shape index (κ3) is 3.34. The van der Waals surface area contributed by atoms with E-state index >= 15 is 0 Å². The molecule has 1 aromatic heterocycles. The first-order valence-electron chi connectivity index (χ1n) is 6.63. The van der Waals surface area contributed by atoms with Gasteiger partial charge in [0, 0.05) is 40.3 Å². The lowest BCUT2D eigenvalue weighted by Crippen LogP contribution is -2.02. The molecule has 21 heavy (non-hydrogen) atoms. The maximum Gasteiger partial charge on any atom is 0.129 e. The second kappa shape index (κ2) is 6.14. The molecule has 0 aliphatic carbocycles. The van der Waals surface area contributed by atoms with E-state index in [1.165, 1.54) is 6.07 Å². The molecule has 1 N–H and O–H groups in total. The van der Waals surface area contributed by atoms with E-state index in [0.29, 0.717) is 12.1 Å². The molecule has 0 fully saturated rings. The molecule has 0 unspecified atom stereocenters. The van der Waals surface area contributed by atoms with Crippen LogP contribution in [0.15, 0.2) is 71.5 Å². The highest BCUT2D eigenvalue weighted by atomic mass is 79.9. The number of rotatable bonds is 4. The van der Waals surface area contributed by atoms with Crippen molar-refractivity contribution in [3.63, 3.8) is 0 Å². The van der Waals surface area contributed by atoms with Crippen molar-refractivity contribution < 1.29 is 4.39 Å². The fourth-order valence-corrected chi connectivity index (χ4v) is 2.48. The van der Waals surface area contributed by atoms with Gasteiger partial charge >= 0.3 is 0 Å². The number of aromatic nitrogens is 1. The van der Waals surface area contributed by atoms with Crippen molar-refractivity contribution in [3.8, 4) is 5.69 Å². The fourth-order valence-electron chi connectivity index (χ4n) is 2.15. The van der Waals surface area contributed by atoms with Crippen LogP contribution >= 0.6 is 15.9 Å². The maximum atomic E-state index is 13.8. The van der Waals surface area contributed by atoms with Crippen LogP contribution in [0.2, 0.25) is 0 Å². The Bertz CT molecular complexity index is 738. The highest BCUT2D eigenvalue weighted by Gasteiger charge is 2.03. The van der Waals surface area contributed by atoms with E-state index in [9.17, 15) is 4.39 Å². The number of benzene rings is 2. The first-order chi connectivity index (χ1) is 10.2. The molecule has 0 spiro atoms. The minimum absolute atomic E-state index is 0.210. The summed E-state index contributed by atoms with van der Waals surface area (Å²) in [7, 11) is 0. The van der Waals surface area contributed by atoms with Crippen LogP contribution in [0.25, 0.3) is 5.69 Å². The van der Waals surface area contributed by atoms with Crippen molar-refractivity contribution in [2.24, 2.45) is 0 Å². The highest BCUT2D eigenvalue weighted by molar-refractivity contribution is 9.10. The Balaban J connectivity index is 1.75. The average Bonchev–Trinajstić information content (AvgIpc) is 3.01. The van der Waals surface area contributed by atoms with E-state index in [2.05, 4.69) is 21.2 Å². The molecule has 3 rings (SSSR count).